The molecule has 2 aromatic carbocycles. The molecule has 0 radical (unpaired) electrons. The summed E-state index contributed by atoms with van der Waals surface area (Å²) in [6, 6.07) is 13.5. The number of hydrogen-bond acceptors (Lipinski definition) is 3. The molecule has 0 saturated carbocycles. The zero-order valence-electron chi connectivity index (χ0n) is 14.1. The van der Waals surface area contributed by atoms with Gasteiger partial charge in [-0.15, -0.1) is 0 Å². The molecule has 2 aromatic rings. The molecule has 2 atom stereocenters. The van der Waals surface area contributed by atoms with Gasteiger partial charge in [0, 0.05) is 12.0 Å². The molecule has 2 unspecified atom stereocenters. The van der Waals surface area contributed by atoms with Gasteiger partial charge in [0.15, 0.2) is 5.96 Å². The number of aliphatic hydroxyl groups is 1. The molecule has 6 heteroatoms. The molecule has 1 heterocycles. The molecule has 0 aromatic heterocycles. The second kappa shape index (κ2) is 7.11. The number of ether oxygens (including phenoxy) is 1. The highest BCUT2D eigenvalue weighted by Gasteiger charge is 2.24. The van der Waals surface area contributed by atoms with Crippen LogP contribution in [-0.4, -0.2) is 24.2 Å². The molecule has 5 nitrogen and oxygen atoms in total. The van der Waals surface area contributed by atoms with E-state index in [4.69, 9.17) is 10.5 Å². The van der Waals surface area contributed by atoms with Crippen molar-refractivity contribution in [3.05, 3.63) is 65.5 Å². The Hall–Kier alpha value is -2.60. The van der Waals surface area contributed by atoms with Crippen LogP contribution in [-0.2, 0) is 5.60 Å². The van der Waals surface area contributed by atoms with Gasteiger partial charge in [-0.2, -0.15) is 0 Å². The van der Waals surface area contributed by atoms with Crippen LogP contribution >= 0.6 is 0 Å². The third-order valence-corrected chi connectivity index (χ3v) is 4.30. The monoisotopic (exact) mass is 343 g/mol. The molecule has 3 rings (SSSR count). The van der Waals surface area contributed by atoms with Crippen molar-refractivity contribution in [2.75, 3.05) is 13.2 Å². The average molecular weight is 343 g/mol. The maximum absolute atomic E-state index is 13.0. The van der Waals surface area contributed by atoms with Crippen LogP contribution in [0.15, 0.2) is 53.5 Å². The molecular formula is C19H22FN3O2. The van der Waals surface area contributed by atoms with E-state index in [1.165, 1.54) is 12.1 Å². The van der Waals surface area contributed by atoms with Crippen LogP contribution in [0.25, 0.3) is 0 Å². The molecule has 0 saturated heterocycles. The van der Waals surface area contributed by atoms with Crippen LogP contribution in [0.4, 0.5) is 4.39 Å². The first-order valence-corrected chi connectivity index (χ1v) is 8.22. The Labute approximate surface area is 146 Å². The zero-order valence-corrected chi connectivity index (χ0v) is 14.1. The van der Waals surface area contributed by atoms with Crippen molar-refractivity contribution in [1.29, 1.82) is 0 Å². The van der Waals surface area contributed by atoms with Gasteiger partial charge in [0.05, 0.1) is 19.2 Å². The second-order valence-electron chi connectivity index (χ2n) is 6.35. The Morgan fingerprint density at radius 2 is 2.04 bits per heavy atom. The molecule has 0 amide bonds. The van der Waals surface area contributed by atoms with Gasteiger partial charge in [-0.05, 0) is 30.7 Å². The lowest BCUT2D eigenvalue weighted by molar-refractivity contribution is 0.0672. The predicted molar refractivity (Wildman–Crippen MR) is 94.9 cm³/mol. The van der Waals surface area contributed by atoms with Crippen molar-refractivity contribution in [2.45, 2.75) is 25.0 Å². The predicted octanol–water partition coefficient (Wildman–Crippen LogP) is 2.46. The number of nitrogens with zero attached hydrogens (tertiary/aromatic N) is 1. The number of aliphatic imine (C=N–C) groups is 1. The number of fused-ring (bicyclic) bond motifs is 1. The molecule has 1 aliphatic heterocycles. The van der Waals surface area contributed by atoms with Gasteiger partial charge >= 0.3 is 0 Å². The van der Waals surface area contributed by atoms with E-state index in [2.05, 4.69) is 10.3 Å². The average Bonchev–Trinajstić information content (AvgIpc) is 2.61. The smallest absolute Gasteiger partial charge is 0.189 e. The summed E-state index contributed by atoms with van der Waals surface area (Å²) in [5.74, 6) is 0.754. The van der Waals surface area contributed by atoms with Crippen molar-refractivity contribution in [3.8, 4) is 5.75 Å². The fourth-order valence-electron chi connectivity index (χ4n) is 2.86. The summed E-state index contributed by atoms with van der Waals surface area (Å²) in [6.45, 7) is 2.30. The van der Waals surface area contributed by atoms with Crippen LogP contribution < -0.4 is 15.8 Å². The van der Waals surface area contributed by atoms with E-state index < -0.39 is 5.60 Å². The minimum atomic E-state index is -1.23. The Balaban J connectivity index is 1.67. The number of nitrogens with one attached hydrogen (secondary N) is 1. The zero-order chi connectivity index (χ0) is 17.9. The molecule has 132 valence electrons. The summed E-state index contributed by atoms with van der Waals surface area (Å²) in [4.78, 5) is 4.26. The highest BCUT2D eigenvalue weighted by atomic mass is 19.1. The summed E-state index contributed by atoms with van der Waals surface area (Å²) in [5, 5.41) is 13.7. The van der Waals surface area contributed by atoms with Gasteiger partial charge in [-0.25, -0.2) is 4.39 Å². The van der Waals surface area contributed by atoms with E-state index in [9.17, 15) is 9.50 Å². The quantitative estimate of drug-likeness (QED) is 0.588. The van der Waals surface area contributed by atoms with Crippen molar-refractivity contribution < 1.29 is 14.2 Å². The molecule has 0 spiro atoms. The third kappa shape index (κ3) is 4.09. The summed E-state index contributed by atoms with van der Waals surface area (Å²) < 4.78 is 18.6. The van der Waals surface area contributed by atoms with Gasteiger partial charge in [0.2, 0.25) is 0 Å². The fourth-order valence-corrected chi connectivity index (χ4v) is 2.86. The van der Waals surface area contributed by atoms with Gasteiger partial charge < -0.3 is 20.9 Å². The topological polar surface area (TPSA) is 79.9 Å². The number of halogens is 1. The van der Waals surface area contributed by atoms with Crippen molar-refractivity contribution >= 4 is 5.96 Å². The van der Waals surface area contributed by atoms with Crippen LogP contribution in [0.2, 0.25) is 0 Å². The molecule has 0 fully saturated rings. The lowest BCUT2D eigenvalue weighted by atomic mass is 9.96. The van der Waals surface area contributed by atoms with E-state index in [-0.39, 0.29) is 24.4 Å². The highest BCUT2D eigenvalue weighted by Crippen LogP contribution is 2.31. The summed E-state index contributed by atoms with van der Waals surface area (Å²) in [7, 11) is 0. The van der Waals surface area contributed by atoms with Crippen LogP contribution in [0.5, 0.6) is 5.75 Å². The van der Waals surface area contributed by atoms with Gasteiger partial charge in [0.1, 0.15) is 17.2 Å². The lowest BCUT2D eigenvalue weighted by Crippen LogP contribution is -2.38. The molecule has 25 heavy (non-hydrogen) atoms. The number of benzene rings is 2. The minimum Gasteiger partial charge on any atom is -0.493 e. The maximum atomic E-state index is 13.0. The first-order valence-electron chi connectivity index (χ1n) is 8.22. The molecular weight excluding hydrogens is 321 g/mol. The molecule has 4 N–H and O–H groups in total. The Morgan fingerprint density at radius 1 is 1.32 bits per heavy atom. The molecule has 0 bridgehead atoms. The van der Waals surface area contributed by atoms with Crippen LogP contribution in [0.3, 0.4) is 0 Å². The van der Waals surface area contributed by atoms with E-state index in [0.29, 0.717) is 12.2 Å². The number of para-hydroxylation sites is 1. The second-order valence-corrected chi connectivity index (χ2v) is 6.35. The van der Waals surface area contributed by atoms with Crippen LogP contribution in [0, 0.1) is 5.82 Å². The van der Waals surface area contributed by atoms with Crippen molar-refractivity contribution in [3.63, 3.8) is 0 Å². The van der Waals surface area contributed by atoms with Gasteiger partial charge in [-0.3, -0.25) is 4.99 Å². The summed E-state index contributed by atoms with van der Waals surface area (Å²) in [6.07, 6.45) is 0.779. The third-order valence-electron chi connectivity index (χ3n) is 4.30. The van der Waals surface area contributed by atoms with Crippen molar-refractivity contribution in [2.24, 2.45) is 10.7 Å². The van der Waals surface area contributed by atoms with E-state index in [0.717, 1.165) is 17.7 Å². The van der Waals surface area contributed by atoms with Gasteiger partial charge in [-0.1, -0.05) is 30.3 Å². The number of hydrogen-bond donors (Lipinski definition) is 3. The highest BCUT2D eigenvalue weighted by molar-refractivity contribution is 5.78. The largest absolute Gasteiger partial charge is 0.493 e. The standard InChI is InChI=1S/C19H22FN3O2/c1-19(24,13-6-8-14(20)9-7-13)12-22-18(21)23-16-10-11-25-17-5-3-2-4-15(16)17/h2-9,16,24H,10-12H2,1H3,(H3,21,22,23). The number of rotatable bonds is 4. The Kier molecular flexibility index (Phi) is 4.90. The summed E-state index contributed by atoms with van der Waals surface area (Å²) in [5.41, 5.74) is 6.39. The lowest BCUT2D eigenvalue weighted by Gasteiger charge is -2.27. The van der Waals surface area contributed by atoms with Gasteiger partial charge in [0.25, 0.3) is 0 Å². The van der Waals surface area contributed by atoms with E-state index in [1.807, 2.05) is 24.3 Å². The molecule has 0 aliphatic carbocycles. The number of nitrogens with two attached hydrogens (primary N) is 1. The van der Waals surface area contributed by atoms with E-state index in [1.54, 1.807) is 19.1 Å². The Bertz CT molecular complexity index is 760. The minimum absolute atomic E-state index is 0.0180. The normalized spacial score (nSPS) is 19.5. The number of guanidine groups is 1. The maximum Gasteiger partial charge on any atom is 0.189 e. The van der Waals surface area contributed by atoms with E-state index >= 15 is 0 Å². The first-order chi connectivity index (χ1) is 12.0. The van der Waals surface area contributed by atoms with Crippen molar-refractivity contribution in [1.82, 2.24) is 5.32 Å². The first kappa shape index (κ1) is 17.2. The Morgan fingerprint density at radius 3 is 2.80 bits per heavy atom. The summed E-state index contributed by atoms with van der Waals surface area (Å²) >= 11 is 0. The fraction of sp³-hybridized carbons (Fsp3) is 0.316. The SMILES string of the molecule is CC(O)(CN=C(N)NC1CCOc2ccccc21)c1ccc(F)cc1. The molecule has 1 aliphatic rings. The van der Waals surface area contributed by atoms with Crippen LogP contribution in [0.1, 0.15) is 30.5 Å².